The van der Waals surface area contributed by atoms with Crippen LogP contribution in [-0.4, -0.2) is 62.5 Å². The predicted molar refractivity (Wildman–Crippen MR) is 132 cm³/mol. The van der Waals surface area contributed by atoms with Crippen LogP contribution in [0.1, 0.15) is 36.7 Å². The van der Waals surface area contributed by atoms with Gasteiger partial charge in [0, 0.05) is 12.6 Å². The molecule has 2 aromatic heterocycles. The Bertz CT molecular complexity index is 1200. The molecule has 1 aliphatic heterocycles. The van der Waals surface area contributed by atoms with Crippen molar-refractivity contribution in [2.24, 2.45) is 0 Å². The van der Waals surface area contributed by atoms with Gasteiger partial charge in [-0.25, -0.2) is 4.79 Å². The van der Waals surface area contributed by atoms with Crippen molar-refractivity contribution in [1.29, 1.82) is 0 Å². The average molecular weight is 497 g/mol. The number of carbonyl (C=O) groups is 3. The first-order chi connectivity index (χ1) is 17.0. The molecule has 3 aromatic rings. The number of imide groups is 1. The van der Waals surface area contributed by atoms with Crippen LogP contribution in [0.15, 0.2) is 48.7 Å². The molecule has 2 atom stereocenters. The molecule has 1 fully saturated rings. The Hall–Kier alpha value is -3.60. The third kappa shape index (κ3) is 5.73. The minimum absolute atomic E-state index is 0.0968. The summed E-state index contributed by atoms with van der Waals surface area (Å²) in [5, 5.41) is 14.2. The fourth-order valence-corrected chi connectivity index (χ4v) is 4.45. The van der Waals surface area contributed by atoms with E-state index in [4.69, 9.17) is 4.74 Å². The van der Waals surface area contributed by atoms with E-state index >= 15 is 0 Å². The van der Waals surface area contributed by atoms with Gasteiger partial charge in [0.1, 0.15) is 11.8 Å². The molecule has 35 heavy (non-hydrogen) atoms. The van der Waals surface area contributed by atoms with E-state index in [0.717, 1.165) is 11.3 Å². The number of hydrogen-bond donors (Lipinski definition) is 2. The van der Waals surface area contributed by atoms with Gasteiger partial charge in [-0.2, -0.15) is 11.8 Å². The maximum absolute atomic E-state index is 12.8. The van der Waals surface area contributed by atoms with Gasteiger partial charge in [-0.15, -0.1) is 10.2 Å². The Kier molecular flexibility index (Phi) is 7.86. The van der Waals surface area contributed by atoms with E-state index in [-0.39, 0.29) is 37.2 Å². The molecule has 4 amide bonds. The average Bonchev–Trinajstić information content (AvgIpc) is 3.42. The number of amides is 4. The van der Waals surface area contributed by atoms with E-state index in [9.17, 15) is 14.4 Å². The summed E-state index contributed by atoms with van der Waals surface area (Å²) >= 11 is 1.68. The number of aromatic nitrogens is 3. The second kappa shape index (κ2) is 11.2. The Labute approximate surface area is 207 Å². The van der Waals surface area contributed by atoms with E-state index in [0.29, 0.717) is 23.6 Å². The van der Waals surface area contributed by atoms with Crippen LogP contribution in [0, 0.1) is 0 Å². The molecular weight excluding hydrogens is 468 g/mol. The smallest absolute Gasteiger partial charge is 0.325 e. The quantitative estimate of drug-likeness (QED) is 0.392. The van der Waals surface area contributed by atoms with Crippen LogP contribution in [0.4, 0.5) is 4.79 Å². The van der Waals surface area contributed by atoms with E-state index in [1.165, 1.54) is 4.90 Å². The monoisotopic (exact) mass is 496 g/mol. The number of benzene rings is 1. The summed E-state index contributed by atoms with van der Waals surface area (Å²) in [6, 6.07) is 11.3. The van der Waals surface area contributed by atoms with Crippen molar-refractivity contribution in [2.75, 3.05) is 19.1 Å². The number of hydrogen-bond acceptors (Lipinski definition) is 7. The maximum atomic E-state index is 12.8. The van der Waals surface area contributed by atoms with E-state index in [2.05, 4.69) is 20.8 Å². The zero-order valence-corrected chi connectivity index (χ0v) is 20.5. The van der Waals surface area contributed by atoms with Crippen LogP contribution >= 0.6 is 11.8 Å². The number of pyridine rings is 1. The number of urea groups is 1. The van der Waals surface area contributed by atoms with Crippen LogP contribution in [0.5, 0.6) is 5.75 Å². The molecule has 1 aliphatic rings. The lowest BCUT2D eigenvalue weighted by molar-refractivity contribution is -0.128. The summed E-state index contributed by atoms with van der Waals surface area (Å²) < 4.78 is 7.00. The number of nitrogens with zero attached hydrogens (tertiary/aromatic N) is 4. The highest BCUT2D eigenvalue weighted by molar-refractivity contribution is 7.98. The first-order valence-electron chi connectivity index (χ1n) is 11.3. The lowest BCUT2D eigenvalue weighted by atomic mass is 10.1. The second-order valence-corrected chi connectivity index (χ2v) is 9.19. The molecule has 0 aliphatic carbocycles. The summed E-state index contributed by atoms with van der Waals surface area (Å²) in [6.45, 7) is 0.161. The van der Waals surface area contributed by atoms with Gasteiger partial charge in [-0.3, -0.25) is 18.9 Å². The molecule has 0 radical (unpaired) electrons. The zero-order valence-electron chi connectivity index (χ0n) is 19.6. The summed E-state index contributed by atoms with van der Waals surface area (Å²) in [4.78, 5) is 39.2. The van der Waals surface area contributed by atoms with Gasteiger partial charge >= 0.3 is 6.03 Å². The van der Waals surface area contributed by atoms with Crippen molar-refractivity contribution in [2.45, 2.75) is 37.9 Å². The topological polar surface area (TPSA) is 118 Å². The van der Waals surface area contributed by atoms with Crippen molar-refractivity contribution in [1.82, 2.24) is 30.1 Å². The molecule has 1 saturated heterocycles. The SMILES string of the molecule is COc1ccc(CN2C(=O)N[C@H](CCC(=O)N[C@@H](CCSC)c3nnc4ccccn34)C2=O)cc1. The molecule has 10 nitrogen and oxygen atoms in total. The van der Waals surface area contributed by atoms with Gasteiger partial charge in [0.25, 0.3) is 5.91 Å². The number of rotatable bonds is 11. The number of thioether (sulfide) groups is 1. The molecule has 4 rings (SSSR count). The Morgan fingerprint density at radius 2 is 2.00 bits per heavy atom. The largest absolute Gasteiger partial charge is 0.497 e. The molecule has 3 heterocycles. The minimum atomic E-state index is -0.731. The molecule has 2 N–H and O–H groups in total. The standard InChI is InChI=1S/C24H28N6O4S/c1-34-17-8-6-16(7-9-17)15-30-23(32)19(26-24(30)33)10-11-21(31)25-18(12-14-35-2)22-28-27-20-5-3-4-13-29(20)22/h3-9,13,18-19H,10-12,14-15H2,1-2H3,(H,25,31)(H,26,33)/t18-,19+/m0/s1. The fourth-order valence-electron chi connectivity index (χ4n) is 3.98. The number of carbonyl (C=O) groups excluding carboxylic acids is 3. The van der Waals surface area contributed by atoms with Crippen LogP contribution in [0.25, 0.3) is 5.65 Å². The molecule has 0 bridgehead atoms. The molecule has 1 aromatic carbocycles. The summed E-state index contributed by atoms with van der Waals surface area (Å²) in [6.07, 6.45) is 4.88. The number of nitrogens with one attached hydrogen (secondary N) is 2. The Morgan fingerprint density at radius 1 is 1.20 bits per heavy atom. The van der Waals surface area contributed by atoms with Crippen LogP contribution in [0.2, 0.25) is 0 Å². The second-order valence-electron chi connectivity index (χ2n) is 8.20. The number of ether oxygens (including phenoxy) is 1. The highest BCUT2D eigenvalue weighted by Gasteiger charge is 2.38. The van der Waals surface area contributed by atoms with Gasteiger partial charge < -0.3 is 15.4 Å². The van der Waals surface area contributed by atoms with Gasteiger partial charge in [0.05, 0.1) is 19.7 Å². The van der Waals surface area contributed by atoms with E-state index in [1.54, 1.807) is 31.0 Å². The lowest BCUT2D eigenvalue weighted by Crippen LogP contribution is -2.34. The summed E-state index contributed by atoms with van der Waals surface area (Å²) in [7, 11) is 1.58. The number of fused-ring (bicyclic) bond motifs is 1. The number of methoxy groups -OCH3 is 1. The van der Waals surface area contributed by atoms with Crippen LogP contribution < -0.4 is 15.4 Å². The fraction of sp³-hybridized carbons (Fsp3) is 0.375. The van der Waals surface area contributed by atoms with E-state index in [1.807, 2.05) is 47.2 Å². The van der Waals surface area contributed by atoms with Gasteiger partial charge in [-0.1, -0.05) is 18.2 Å². The molecule has 0 spiro atoms. The van der Waals surface area contributed by atoms with Crippen molar-refractivity contribution in [3.05, 3.63) is 60.0 Å². The summed E-state index contributed by atoms with van der Waals surface area (Å²) in [5.74, 6) is 1.66. The predicted octanol–water partition coefficient (Wildman–Crippen LogP) is 2.55. The van der Waals surface area contributed by atoms with E-state index < -0.39 is 12.1 Å². The van der Waals surface area contributed by atoms with Crippen LogP contribution in [-0.2, 0) is 16.1 Å². The molecule has 184 valence electrons. The van der Waals surface area contributed by atoms with Crippen molar-refractivity contribution in [3.63, 3.8) is 0 Å². The lowest BCUT2D eigenvalue weighted by Gasteiger charge is -2.17. The molecular formula is C24H28N6O4S. The molecule has 11 heteroatoms. The third-order valence-corrected chi connectivity index (χ3v) is 6.51. The first kappa shape index (κ1) is 24.5. The summed E-state index contributed by atoms with van der Waals surface area (Å²) in [5.41, 5.74) is 1.52. The van der Waals surface area contributed by atoms with Crippen molar-refractivity contribution >= 4 is 35.3 Å². The molecule has 0 unspecified atom stereocenters. The normalized spacial score (nSPS) is 16.4. The van der Waals surface area contributed by atoms with Crippen molar-refractivity contribution < 1.29 is 19.1 Å². The first-order valence-corrected chi connectivity index (χ1v) is 12.7. The highest BCUT2D eigenvalue weighted by atomic mass is 32.2. The molecule has 0 saturated carbocycles. The van der Waals surface area contributed by atoms with Gasteiger partial charge in [0.15, 0.2) is 11.5 Å². The maximum Gasteiger partial charge on any atom is 0.325 e. The highest BCUT2D eigenvalue weighted by Crippen LogP contribution is 2.20. The van der Waals surface area contributed by atoms with Crippen molar-refractivity contribution in [3.8, 4) is 5.75 Å². The van der Waals surface area contributed by atoms with Gasteiger partial charge in [0.2, 0.25) is 5.91 Å². The Morgan fingerprint density at radius 3 is 2.74 bits per heavy atom. The minimum Gasteiger partial charge on any atom is -0.497 e. The Balaban J connectivity index is 1.35. The van der Waals surface area contributed by atoms with Crippen LogP contribution in [0.3, 0.4) is 0 Å². The zero-order chi connectivity index (χ0) is 24.8. The van der Waals surface area contributed by atoms with Gasteiger partial charge in [-0.05, 0) is 54.7 Å². The third-order valence-electron chi connectivity index (χ3n) is 5.86.